The van der Waals surface area contributed by atoms with Crippen LogP contribution in [0.25, 0.3) is 22.1 Å². The van der Waals surface area contributed by atoms with Crippen molar-refractivity contribution in [3.63, 3.8) is 0 Å². The number of nitrogens with zero attached hydrogens (tertiary/aromatic N) is 1. The molecule has 94 valence electrons. The summed E-state index contributed by atoms with van der Waals surface area (Å²) in [5.74, 6) is 1.08. The lowest BCUT2D eigenvalue weighted by atomic mass is 9.99. The zero-order valence-electron chi connectivity index (χ0n) is 10.4. The Labute approximate surface area is 110 Å². The van der Waals surface area contributed by atoms with Crippen molar-refractivity contribution in [3.8, 4) is 11.3 Å². The third kappa shape index (κ3) is 1.52. The number of rotatable bonds is 2. The van der Waals surface area contributed by atoms with E-state index in [-0.39, 0.29) is 6.61 Å². The molecule has 2 aromatic carbocycles. The third-order valence-electron chi connectivity index (χ3n) is 3.83. The van der Waals surface area contributed by atoms with Crippen molar-refractivity contribution >= 4 is 10.8 Å². The van der Waals surface area contributed by atoms with Gasteiger partial charge in [-0.1, -0.05) is 30.3 Å². The molecule has 3 nitrogen and oxygen atoms in total. The van der Waals surface area contributed by atoms with E-state index in [1.807, 2.05) is 0 Å². The molecule has 0 saturated heterocycles. The van der Waals surface area contributed by atoms with Crippen molar-refractivity contribution < 1.29 is 9.52 Å². The highest BCUT2D eigenvalue weighted by molar-refractivity contribution is 6.00. The molecule has 4 rings (SSSR count). The van der Waals surface area contributed by atoms with Crippen molar-refractivity contribution in [3.05, 3.63) is 53.5 Å². The van der Waals surface area contributed by atoms with Gasteiger partial charge in [-0.2, -0.15) is 0 Å². The van der Waals surface area contributed by atoms with Gasteiger partial charge in [-0.25, -0.2) is 4.98 Å². The number of aromatic nitrogens is 1. The molecule has 0 atom stereocenters. The largest absolute Gasteiger partial charge is 0.438 e. The fraction of sp³-hybridized carbons (Fsp3) is 0.188. The summed E-state index contributed by atoms with van der Waals surface area (Å²) in [6.07, 6.45) is 3.92. The van der Waals surface area contributed by atoms with E-state index in [4.69, 9.17) is 9.52 Å². The normalized spacial score (nSPS) is 13.3. The van der Waals surface area contributed by atoms with Gasteiger partial charge in [0, 0.05) is 5.56 Å². The second kappa shape index (κ2) is 3.93. The Bertz CT molecular complexity index is 763. The number of hydrogen-bond donors (Lipinski definition) is 1. The van der Waals surface area contributed by atoms with E-state index in [0.29, 0.717) is 5.89 Å². The number of aliphatic hydroxyl groups is 1. The molecular formula is C16H13NO2. The molecule has 0 saturated carbocycles. The highest BCUT2D eigenvalue weighted by Crippen LogP contribution is 2.37. The van der Waals surface area contributed by atoms with Crippen LogP contribution >= 0.6 is 0 Å². The molecule has 0 amide bonds. The Morgan fingerprint density at radius 3 is 2.74 bits per heavy atom. The van der Waals surface area contributed by atoms with Crippen molar-refractivity contribution in [1.82, 2.24) is 4.98 Å². The number of aryl methyl sites for hydroxylation is 2. The van der Waals surface area contributed by atoms with Gasteiger partial charge in [0.15, 0.2) is 5.76 Å². The standard InChI is InChI=1S/C16H13NO2/c18-9-15-17-8-14(19-15)12-7-6-11-5-4-10-2-1-3-13(12)16(10)11/h1-3,6-8,18H,4-5,9H2. The van der Waals surface area contributed by atoms with E-state index < -0.39 is 0 Å². The third-order valence-corrected chi connectivity index (χ3v) is 3.83. The minimum atomic E-state index is -0.165. The second-order valence-electron chi connectivity index (χ2n) is 4.89. The topological polar surface area (TPSA) is 46.3 Å². The first-order valence-corrected chi connectivity index (χ1v) is 6.46. The zero-order valence-corrected chi connectivity index (χ0v) is 10.4. The van der Waals surface area contributed by atoms with Gasteiger partial charge >= 0.3 is 0 Å². The van der Waals surface area contributed by atoms with Crippen LogP contribution in [-0.2, 0) is 19.4 Å². The SMILES string of the molecule is OCc1ncc(-c2ccc3c4c(cccc24)CC3)o1. The van der Waals surface area contributed by atoms with Crippen LogP contribution in [0.1, 0.15) is 17.0 Å². The van der Waals surface area contributed by atoms with E-state index in [2.05, 4.69) is 35.3 Å². The molecule has 0 radical (unpaired) electrons. The van der Waals surface area contributed by atoms with Crippen LogP contribution in [0, 0.1) is 0 Å². The average molecular weight is 251 g/mol. The monoisotopic (exact) mass is 251 g/mol. The molecule has 1 aliphatic rings. The minimum absolute atomic E-state index is 0.165. The minimum Gasteiger partial charge on any atom is -0.438 e. The summed E-state index contributed by atoms with van der Waals surface area (Å²) in [6.45, 7) is -0.165. The van der Waals surface area contributed by atoms with Crippen LogP contribution < -0.4 is 0 Å². The van der Waals surface area contributed by atoms with E-state index >= 15 is 0 Å². The second-order valence-corrected chi connectivity index (χ2v) is 4.89. The summed E-state index contributed by atoms with van der Waals surface area (Å²) in [4.78, 5) is 4.06. The maximum atomic E-state index is 9.05. The summed E-state index contributed by atoms with van der Waals surface area (Å²) in [6, 6.07) is 10.7. The molecular weight excluding hydrogens is 238 g/mol. The number of benzene rings is 2. The lowest BCUT2D eigenvalue weighted by Gasteiger charge is -2.06. The van der Waals surface area contributed by atoms with E-state index in [1.54, 1.807) is 6.20 Å². The summed E-state index contributed by atoms with van der Waals surface area (Å²) in [7, 11) is 0. The van der Waals surface area contributed by atoms with Crippen molar-refractivity contribution in [1.29, 1.82) is 0 Å². The van der Waals surface area contributed by atoms with Gasteiger partial charge in [0.05, 0.1) is 6.20 Å². The van der Waals surface area contributed by atoms with Gasteiger partial charge in [0.2, 0.25) is 5.89 Å². The summed E-state index contributed by atoms with van der Waals surface area (Å²) in [5, 5.41) is 11.6. The molecule has 3 heteroatoms. The first-order valence-electron chi connectivity index (χ1n) is 6.46. The Morgan fingerprint density at radius 2 is 1.95 bits per heavy atom. The van der Waals surface area contributed by atoms with Crippen molar-refractivity contribution in [2.24, 2.45) is 0 Å². The van der Waals surface area contributed by atoms with Gasteiger partial charge in [-0.15, -0.1) is 0 Å². The van der Waals surface area contributed by atoms with Crippen LogP contribution in [0.2, 0.25) is 0 Å². The molecule has 1 N–H and O–H groups in total. The van der Waals surface area contributed by atoms with Crippen molar-refractivity contribution in [2.45, 2.75) is 19.4 Å². The Kier molecular flexibility index (Phi) is 2.23. The highest BCUT2D eigenvalue weighted by Gasteiger charge is 2.17. The Morgan fingerprint density at radius 1 is 1.11 bits per heavy atom. The predicted molar refractivity (Wildman–Crippen MR) is 72.8 cm³/mol. The maximum Gasteiger partial charge on any atom is 0.220 e. The van der Waals surface area contributed by atoms with E-state index in [0.717, 1.165) is 24.2 Å². The molecule has 1 aromatic heterocycles. The molecule has 0 aliphatic heterocycles. The van der Waals surface area contributed by atoms with Crippen LogP contribution in [0.4, 0.5) is 0 Å². The zero-order chi connectivity index (χ0) is 12.8. The van der Waals surface area contributed by atoms with Gasteiger partial charge < -0.3 is 9.52 Å². The number of aliphatic hydroxyl groups excluding tert-OH is 1. The summed E-state index contributed by atoms with van der Waals surface area (Å²) < 4.78 is 5.57. The van der Waals surface area contributed by atoms with Crippen LogP contribution in [0.5, 0.6) is 0 Å². The quantitative estimate of drug-likeness (QED) is 0.761. The van der Waals surface area contributed by atoms with Gasteiger partial charge in [0.1, 0.15) is 6.61 Å². The molecule has 0 bridgehead atoms. The Balaban J connectivity index is 2.01. The maximum absolute atomic E-state index is 9.05. The number of oxazole rings is 1. The van der Waals surface area contributed by atoms with E-state index in [1.165, 1.54) is 21.9 Å². The summed E-state index contributed by atoms with van der Waals surface area (Å²) >= 11 is 0. The molecule has 1 heterocycles. The summed E-state index contributed by atoms with van der Waals surface area (Å²) in [5.41, 5.74) is 3.88. The molecule has 0 unspecified atom stereocenters. The lowest BCUT2D eigenvalue weighted by molar-refractivity contribution is 0.241. The van der Waals surface area contributed by atoms with Crippen LogP contribution in [0.3, 0.4) is 0 Å². The lowest BCUT2D eigenvalue weighted by Crippen LogP contribution is -1.83. The van der Waals surface area contributed by atoms with Gasteiger partial charge in [0.25, 0.3) is 0 Å². The highest BCUT2D eigenvalue weighted by atomic mass is 16.4. The van der Waals surface area contributed by atoms with Gasteiger partial charge in [-0.05, 0) is 34.7 Å². The fourth-order valence-corrected chi connectivity index (χ4v) is 2.97. The smallest absolute Gasteiger partial charge is 0.220 e. The van der Waals surface area contributed by atoms with Crippen LogP contribution in [-0.4, -0.2) is 10.1 Å². The van der Waals surface area contributed by atoms with Crippen LogP contribution in [0.15, 0.2) is 40.9 Å². The predicted octanol–water partition coefficient (Wildman–Crippen LogP) is 3.09. The van der Waals surface area contributed by atoms with E-state index in [9.17, 15) is 0 Å². The molecule has 3 aromatic rings. The first-order chi connectivity index (χ1) is 9.36. The Hall–Kier alpha value is -2.13. The average Bonchev–Trinajstić information content (AvgIpc) is 3.08. The fourth-order valence-electron chi connectivity index (χ4n) is 2.97. The molecule has 0 spiro atoms. The molecule has 0 fully saturated rings. The van der Waals surface area contributed by atoms with Crippen molar-refractivity contribution in [2.75, 3.05) is 0 Å². The first kappa shape index (κ1) is 10.8. The van der Waals surface area contributed by atoms with Gasteiger partial charge in [-0.3, -0.25) is 0 Å². The molecule has 19 heavy (non-hydrogen) atoms. The number of hydrogen-bond acceptors (Lipinski definition) is 3. The molecule has 1 aliphatic carbocycles.